The highest BCUT2D eigenvalue weighted by molar-refractivity contribution is 5.94. The number of benzene rings is 1. The number of halogens is 1. The van der Waals surface area contributed by atoms with Crippen molar-refractivity contribution in [1.29, 1.82) is 0 Å². The van der Waals surface area contributed by atoms with Gasteiger partial charge in [0, 0.05) is 44.8 Å². The van der Waals surface area contributed by atoms with Crippen molar-refractivity contribution in [3.63, 3.8) is 0 Å². The first-order valence-electron chi connectivity index (χ1n) is 9.54. The Morgan fingerprint density at radius 2 is 1.70 bits per heavy atom. The number of nitrogens with zero attached hydrogens (tertiary/aromatic N) is 3. The number of rotatable bonds is 3. The lowest BCUT2D eigenvalue weighted by Gasteiger charge is -2.38. The fourth-order valence-electron chi connectivity index (χ4n) is 3.69. The molecule has 2 heterocycles. The third kappa shape index (κ3) is 4.84. The average molecular weight is 377 g/mol. The topological polar surface area (TPSA) is 53.1 Å². The van der Waals surface area contributed by atoms with Gasteiger partial charge < -0.3 is 14.5 Å². The van der Waals surface area contributed by atoms with Crippen molar-refractivity contribution in [2.45, 2.75) is 33.0 Å². The van der Waals surface area contributed by atoms with Gasteiger partial charge in [0.25, 0.3) is 5.91 Å². The number of ether oxygens (including phenoxy) is 1. The lowest BCUT2D eigenvalue weighted by molar-refractivity contribution is -0.144. The smallest absolute Gasteiger partial charge is 0.254 e. The molecule has 2 amide bonds. The van der Waals surface area contributed by atoms with E-state index in [1.165, 1.54) is 6.07 Å². The summed E-state index contributed by atoms with van der Waals surface area (Å²) in [6, 6.07) is 4.59. The van der Waals surface area contributed by atoms with Gasteiger partial charge in [-0.3, -0.25) is 14.5 Å². The lowest BCUT2D eigenvalue weighted by atomic mass is 10.1. The highest BCUT2D eigenvalue weighted by atomic mass is 19.1. The molecule has 0 bridgehead atoms. The summed E-state index contributed by atoms with van der Waals surface area (Å²) >= 11 is 0. The van der Waals surface area contributed by atoms with Crippen LogP contribution in [0.2, 0.25) is 0 Å². The van der Waals surface area contributed by atoms with Crippen LogP contribution in [0.15, 0.2) is 18.2 Å². The number of piperazine rings is 1. The summed E-state index contributed by atoms with van der Waals surface area (Å²) in [5, 5.41) is 0. The molecule has 3 rings (SSSR count). The van der Waals surface area contributed by atoms with Gasteiger partial charge in [-0.15, -0.1) is 0 Å². The normalized spacial score (nSPS) is 24.1. The zero-order chi connectivity index (χ0) is 19.6. The second-order valence-electron chi connectivity index (χ2n) is 7.59. The first kappa shape index (κ1) is 19.8. The van der Waals surface area contributed by atoms with E-state index in [2.05, 4.69) is 4.90 Å². The largest absolute Gasteiger partial charge is 0.372 e. The van der Waals surface area contributed by atoms with Crippen LogP contribution in [0.25, 0.3) is 0 Å². The van der Waals surface area contributed by atoms with Crippen LogP contribution >= 0.6 is 0 Å². The molecule has 2 atom stereocenters. The molecule has 2 saturated heterocycles. The van der Waals surface area contributed by atoms with Gasteiger partial charge in [0.1, 0.15) is 5.82 Å². The molecule has 0 aromatic heterocycles. The molecule has 0 saturated carbocycles. The van der Waals surface area contributed by atoms with Crippen LogP contribution in [0, 0.1) is 12.7 Å². The molecule has 6 nitrogen and oxygen atoms in total. The molecule has 2 unspecified atom stereocenters. The van der Waals surface area contributed by atoms with Crippen molar-refractivity contribution in [2.24, 2.45) is 0 Å². The third-order valence-corrected chi connectivity index (χ3v) is 5.21. The SMILES string of the molecule is Cc1ccc(C(=O)N2CCN(CC(=O)N3CC(C)OC(C)C3)CC2)cc1F. The number of carbonyl (C=O) groups is 2. The average Bonchev–Trinajstić information content (AvgIpc) is 2.63. The van der Waals surface area contributed by atoms with Gasteiger partial charge in [0.2, 0.25) is 5.91 Å². The van der Waals surface area contributed by atoms with Crippen molar-refractivity contribution in [3.8, 4) is 0 Å². The monoisotopic (exact) mass is 377 g/mol. The van der Waals surface area contributed by atoms with Gasteiger partial charge in [-0.1, -0.05) is 6.07 Å². The lowest BCUT2D eigenvalue weighted by Crippen LogP contribution is -2.54. The number of hydrogen-bond acceptors (Lipinski definition) is 4. The van der Waals surface area contributed by atoms with Crippen LogP contribution in [0.5, 0.6) is 0 Å². The molecule has 2 aliphatic heterocycles. The van der Waals surface area contributed by atoms with E-state index in [0.29, 0.717) is 56.9 Å². The number of amides is 2. The number of aryl methyl sites for hydroxylation is 1. The van der Waals surface area contributed by atoms with Crippen molar-refractivity contribution in [2.75, 3.05) is 45.8 Å². The highest BCUT2D eigenvalue weighted by Gasteiger charge is 2.29. The Morgan fingerprint density at radius 3 is 2.30 bits per heavy atom. The predicted molar refractivity (Wildman–Crippen MR) is 100 cm³/mol. The number of carbonyl (C=O) groups excluding carboxylic acids is 2. The Morgan fingerprint density at radius 1 is 1.07 bits per heavy atom. The fraction of sp³-hybridized carbons (Fsp3) is 0.600. The molecule has 0 radical (unpaired) electrons. The molecule has 0 aliphatic carbocycles. The minimum Gasteiger partial charge on any atom is -0.372 e. The summed E-state index contributed by atoms with van der Waals surface area (Å²) in [4.78, 5) is 30.8. The van der Waals surface area contributed by atoms with E-state index in [-0.39, 0.29) is 29.8 Å². The van der Waals surface area contributed by atoms with E-state index >= 15 is 0 Å². The molecule has 2 fully saturated rings. The molecular weight excluding hydrogens is 349 g/mol. The summed E-state index contributed by atoms with van der Waals surface area (Å²) < 4.78 is 19.4. The van der Waals surface area contributed by atoms with Gasteiger partial charge in [-0.05, 0) is 38.5 Å². The molecule has 148 valence electrons. The van der Waals surface area contributed by atoms with Crippen LogP contribution in [0.3, 0.4) is 0 Å². The standard InChI is InChI=1S/C20H28FN3O3/c1-14-4-5-17(10-18(14)21)20(26)23-8-6-22(7-9-23)13-19(25)24-11-15(2)27-16(3)12-24/h4-5,10,15-16H,6-9,11-13H2,1-3H3. The summed E-state index contributed by atoms with van der Waals surface area (Å²) in [6.07, 6.45) is 0.115. The molecule has 2 aliphatic rings. The Labute approximate surface area is 159 Å². The van der Waals surface area contributed by atoms with Gasteiger partial charge in [-0.25, -0.2) is 4.39 Å². The zero-order valence-electron chi connectivity index (χ0n) is 16.3. The molecule has 0 N–H and O–H groups in total. The third-order valence-electron chi connectivity index (χ3n) is 5.21. The summed E-state index contributed by atoms with van der Waals surface area (Å²) in [7, 11) is 0. The van der Waals surface area contributed by atoms with E-state index < -0.39 is 0 Å². The minimum atomic E-state index is -0.362. The van der Waals surface area contributed by atoms with E-state index in [0.717, 1.165) is 0 Å². The van der Waals surface area contributed by atoms with E-state index in [1.807, 2.05) is 18.7 Å². The van der Waals surface area contributed by atoms with Crippen LogP contribution < -0.4 is 0 Å². The first-order chi connectivity index (χ1) is 12.8. The van der Waals surface area contributed by atoms with Gasteiger partial charge in [0.15, 0.2) is 0 Å². The maximum absolute atomic E-state index is 13.7. The Kier molecular flexibility index (Phi) is 6.11. The summed E-state index contributed by atoms with van der Waals surface area (Å²) in [5.41, 5.74) is 0.903. The predicted octanol–water partition coefficient (Wildman–Crippen LogP) is 1.53. The molecule has 0 spiro atoms. The summed E-state index contributed by atoms with van der Waals surface area (Å²) in [5.74, 6) is -0.410. The van der Waals surface area contributed by atoms with Gasteiger partial charge in [0.05, 0.1) is 18.8 Å². The van der Waals surface area contributed by atoms with Crippen molar-refractivity contribution in [3.05, 3.63) is 35.1 Å². The number of morpholine rings is 1. The fourth-order valence-corrected chi connectivity index (χ4v) is 3.69. The minimum absolute atomic E-state index is 0.0575. The van der Waals surface area contributed by atoms with E-state index in [9.17, 15) is 14.0 Å². The van der Waals surface area contributed by atoms with Crippen LogP contribution in [-0.2, 0) is 9.53 Å². The number of hydrogen-bond donors (Lipinski definition) is 0. The van der Waals surface area contributed by atoms with Gasteiger partial charge in [-0.2, -0.15) is 0 Å². The second-order valence-corrected chi connectivity index (χ2v) is 7.59. The Hall–Kier alpha value is -1.99. The molecule has 1 aromatic carbocycles. The van der Waals surface area contributed by atoms with Crippen molar-refractivity contribution >= 4 is 11.8 Å². The van der Waals surface area contributed by atoms with Crippen LogP contribution in [-0.4, -0.2) is 84.5 Å². The molecule has 27 heavy (non-hydrogen) atoms. The van der Waals surface area contributed by atoms with Crippen LogP contribution in [0.4, 0.5) is 4.39 Å². The van der Waals surface area contributed by atoms with Crippen molar-refractivity contribution < 1.29 is 18.7 Å². The highest BCUT2D eigenvalue weighted by Crippen LogP contribution is 2.14. The Bertz CT molecular complexity index is 694. The first-order valence-corrected chi connectivity index (χ1v) is 9.54. The van der Waals surface area contributed by atoms with E-state index in [1.54, 1.807) is 24.0 Å². The maximum Gasteiger partial charge on any atom is 0.254 e. The molecule has 7 heteroatoms. The zero-order valence-corrected chi connectivity index (χ0v) is 16.3. The second kappa shape index (κ2) is 8.35. The van der Waals surface area contributed by atoms with Crippen LogP contribution in [0.1, 0.15) is 29.8 Å². The Balaban J connectivity index is 1.50. The van der Waals surface area contributed by atoms with E-state index in [4.69, 9.17) is 4.74 Å². The maximum atomic E-state index is 13.7. The summed E-state index contributed by atoms with van der Waals surface area (Å²) in [6.45, 7) is 9.61. The molecule has 1 aromatic rings. The quantitative estimate of drug-likeness (QED) is 0.802. The van der Waals surface area contributed by atoms with Gasteiger partial charge >= 0.3 is 0 Å². The van der Waals surface area contributed by atoms with Crippen molar-refractivity contribution in [1.82, 2.24) is 14.7 Å². The molecular formula is C20H28FN3O3.